The van der Waals surface area contributed by atoms with Crippen LogP contribution in [0.4, 0.5) is 5.69 Å². The Balaban J connectivity index is 1.96. The van der Waals surface area contributed by atoms with Crippen molar-refractivity contribution in [3.63, 3.8) is 0 Å². The van der Waals surface area contributed by atoms with Gasteiger partial charge in [0, 0.05) is 24.4 Å². The highest BCUT2D eigenvalue weighted by Gasteiger charge is 2.18. The fraction of sp³-hybridized carbons (Fsp3) is 0.167. The zero-order valence-corrected chi connectivity index (χ0v) is 14.3. The van der Waals surface area contributed by atoms with Crippen LogP contribution >= 0.6 is 0 Å². The van der Waals surface area contributed by atoms with Crippen molar-refractivity contribution in [1.29, 1.82) is 0 Å². The Morgan fingerprint density at radius 1 is 1.12 bits per heavy atom. The fourth-order valence-electron chi connectivity index (χ4n) is 2.51. The van der Waals surface area contributed by atoms with E-state index < -0.39 is 10.0 Å². The molecule has 0 saturated carbocycles. The number of benzene rings is 2. The highest BCUT2D eigenvalue weighted by molar-refractivity contribution is 7.93. The van der Waals surface area contributed by atoms with Crippen LogP contribution in [-0.4, -0.2) is 20.5 Å². The quantitative estimate of drug-likeness (QED) is 0.771. The molecule has 0 bridgehead atoms. The van der Waals surface area contributed by atoms with Gasteiger partial charge in [-0.05, 0) is 42.3 Å². The van der Waals surface area contributed by atoms with Gasteiger partial charge in [-0.2, -0.15) is 0 Å². The first-order chi connectivity index (χ1) is 11.5. The third kappa shape index (κ3) is 3.39. The molecule has 0 amide bonds. The monoisotopic (exact) mass is 342 g/mol. The molecular formula is C18H18N2O3S. The molecule has 0 unspecified atom stereocenters. The highest BCUT2D eigenvalue weighted by atomic mass is 32.2. The number of hydrogen-bond acceptors (Lipinski definition) is 4. The second-order valence-electron chi connectivity index (χ2n) is 5.58. The number of nitrogens with zero attached hydrogens (tertiary/aromatic N) is 1. The van der Waals surface area contributed by atoms with Crippen LogP contribution in [0.2, 0.25) is 0 Å². The van der Waals surface area contributed by atoms with E-state index in [-0.39, 0.29) is 4.90 Å². The average Bonchev–Trinajstić information content (AvgIpc) is 2.56. The molecule has 0 aliphatic rings. The van der Waals surface area contributed by atoms with Gasteiger partial charge < -0.3 is 4.74 Å². The zero-order chi connectivity index (χ0) is 17.2. The summed E-state index contributed by atoms with van der Waals surface area (Å²) < 4.78 is 33.1. The van der Waals surface area contributed by atoms with Gasteiger partial charge in [-0.1, -0.05) is 24.3 Å². The fourth-order valence-corrected chi connectivity index (χ4v) is 3.74. The van der Waals surface area contributed by atoms with E-state index in [2.05, 4.69) is 9.71 Å². The van der Waals surface area contributed by atoms with Gasteiger partial charge in [0.25, 0.3) is 10.0 Å². The smallest absolute Gasteiger partial charge is 0.264 e. The van der Waals surface area contributed by atoms with Crippen LogP contribution in [0.3, 0.4) is 0 Å². The summed E-state index contributed by atoms with van der Waals surface area (Å²) in [5, 5.41) is 0.799. The topological polar surface area (TPSA) is 68.3 Å². The minimum absolute atomic E-state index is 0.168. The summed E-state index contributed by atoms with van der Waals surface area (Å²) in [6.45, 7) is 2.41. The third-order valence-corrected chi connectivity index (χ3v) is 5.03. The third-order valence-electron chi connectivity index (χ3n) is 3.62. The molecule has 1 N–H and O–H groups in total. The lowest BCUT2D eigenvalue weighted by Gasteiger charge is -2.11. The van der Waals surface area contributed by atoms with Gasteiger partial charge in [-0.15, -0.1) is 0 Å². The van der Waals surface area contributed by atoms with Crippen molar-refractivity contribution in [2.75, 3.05) is 11.8 Å². The van der Waals surface area contributed by atoms with Gasteiger partial charge in [-0.25, -0.2) is 8.42 Å². The molecule has 2 aromatic carbocycles. The van der Waals surface area contributed by atoms with Crippen molar-refractivity contribution in [3.8, 4) is 0 Å². The summed E-state index contributed by atoms with van der Waals surface area (Å²) >= 11 is 0. The molecule has 0 aliphatic carbocycles. The van der Waals surface area contributed by atoms with Gasteiger partial charge in [0.05, 0.1) is 12.1 Å². The lowest BCUT2D eigenvalue weighted by atomic mass is 10.2. The number of aryl methyl sites for hydroxylation is 1. The molecule has 124 valence electrons. The van der Waals surface area contributed by atoms with E-state index in [1.54, 1.807) is 37.6 Å². The summed E-state index contributed by atoms with van der Waals surface area (Å²) in [5.74, 6) is 0. The van der Waals surface area contributed by atoms with Gasteiger partial charge in [0.2, 0.25) is 0 Å². The van der Waals surface area contributed by atoms with E-state index in [1.165, 1.54) is 0 Å². The summed E-state index contributed by atoms with van der Waals surface area (Å²) in [5.41, 5.74) is 2.92. The maximum Gasteiger partial charge on any atom is 0.264 e. The number of nitrogens with one attached hydrogen (secondary N) is 1. The molecule has 1 heterocycles. The Hall–Kier alpha value is -2.44. The Bertz CT molecular complexity index is 967. The molecule has 6 heteroatoms. The Labute approximate surface area is 141 Å². The number of sulfonamides is 1. The number of methoxy groups -OCH3 is 1. The van der Waals surface area contributed by atoms with E-state index in [9.17, 15) is 8.42 Å². The van der Waals surface area contributed by atoms with Crippen LogP contribution in [0.15, 0.2) is 59.6 Å². The Morgan fingerprint density at radius 2 is 1.88 bits per heavy atom. The standard InChI is InChI=1S/C18H18N2O3S/c1-13-10-15-4-3-5-17(18(15)19-11-13)24(21,22)20-16-8-6-14(7-9-16)12-23-2/h3-11,20H,12H2,1-2H3. The summed E-state index contributed by atoms with van der Waals surface area (Å²) in [6, 6.07) is 14.1. The number of hydrogen-bond donors (Lipinski definition) is 1. The van der Waals surface area contributed by atoms with Crippen molar-refractivity contribution >= 4 is 26.6 Å². The van der Waals surface area contributed by atoms with E-state index in [0.717, 1.165) is 16.5 Å². The number of fused-ring (bicyclic) bond motifs is 1. The number of para-hydroxylation sites is 1. The number of aromatic nitrogens is 1. The van der Waals surface area contributed by atoms with Crippen molar-refractivity contribution < 1.29 is 13.2 Å². The molecular weight excluding hydrogens is 324 g/mol. The molecule has 0 radical (unpaired) electrons. The predicted molar refractivity (Wildman–Crippen MR) is 94.4 cm³/mol. The van der Waals surface area contributed by atoms with Crippen LogP contribution in [0, 0.1) is 6.92 Å². The molecule has 0 aliphatic heterocycles. The molecule has 0 saturated heterocycles. The Morgan fingerprint density at radius 3 is 2.58 bits per heavy atom. The first kappa shape index (κ1) is 16.4. The molecule has 1 aromatic heterocycles. The van der Waals surface area contributed by atoms with E-state index in [1.807, 2.05) is 31.2 Å². The zero-order valence-electron chi connectivity index (χ0n) is 13.5. The number of anilines is 1. The van der Waals surface area contributed by atoms with E-state index >= 15 is 0 Å². The summed E-state index contributed by atoms with van der Waals surface area (Å²) in [4.78, 5) is 4.46. The number of pyridine rings is 1. The first-order valence-electron chi connectivity index (χ1n) is 7.46. The predicted octanol–water partition coefficient (Wildman–Crippen LogP) is 3.49. The molecule has 3 rings (SSSR count). The van der Waals surface area contributed by atoms with Crippen LogP contribution in [0.1, 0.15) is 11.1 Å². The van der Waals surface area contributed by atoms with Crippen molar-refractivity contribution in [2.45, 2.75) is 18.4 Å². The lowest BCUT2D eigenvalue weighted by Crippen LogP contribution is -2.13. The maximum absolute atomic E-state index is 12.7. The minimum atomic E-state index is -3.72. The molecule has 0 atom stereocenters. The van der Waals surface area contributed by atoms with Crippen LogP contribution in [0.5, 0.6) is 0 Å². The highest BCUT2D eigenvalue weighted by Crippen LogP contribution is 2.24. The Kier molecular flexibility index (Phi) is 4.51. The van der Waals surface area contributed by atoms with Crippen molar-refractivity contribution in [3.05, 3.63) is 65.9 Å². The number of rotatable bonds is 5. The second-order valence-corrected chi connectivity index (χ2v) is 7.23. The molecule has 3 aromatic rings. The molecule has 5 nitrogen and oxygen atoms in total. The van der Waals surface area contributed by atoms with Gasteiger partial charge in [0.1, 0.15) is 4.90 Å². The summed E-state index contributed by atoms with van der Waals surface area (Å²) in [7, 11) is -2.10. The van der Waals surface area contributed by atoms with Crippen LogP contribution in [-0.2, 0) is 21.4 Å². The van der Waals surface area contributed by atoms with E-state index in [4.69, 9.17) is 4.74 Å². The summed E-state index contributed by atoms with van der Waals surface area (Å²) in [6.07, 6.45) is 1.67. The SMILES string of the molecule is COCc1ccc(NS(=O)(=O)c2cccc3cc(C)cnc23)cc1. The van der Waals surface area contributed by atoms with Gasteiger partial charge >= 0.3 is 0 Å². The normalized spacial score (nSPS) is 11.6. The van der Waals surface area contributed by atoms with Crippen molar-refractivity contribution in [1.82, 2.24) is 4.98 Å². The number of ether oxygens (including phenoxy) is 1. The lowest BCUT2D eigenvalue weighted by molar-refractivity contribution is 0.185. The first-order valence-corrected chi connectivity index (χ1v) is 8.94. The van der Waals surface area contributed by atoms with Crippen LogP contribution < -0.4 is 4.72 Å². The largest absolute Gasteiger partial charge is 0.380 e. The van der Waals surface area contributed by atoms with Crippen LogP contribution in [0.25, 0.3) is 10.9 Å². The molecule has 0 fully saturated rings. The second kappa shape index (κ2) is 6.59. The maximum atomic E-state index is 12.7. The molecule has 24 heavy (non-hydrogen) atoms. The van der Waals surface area contributed by atoms with Gasteiger partial charge in [0.15, 0.2) is 0 Å². The minimum Gasteiger partial charge on any atom is -0.380 e. The average molecular weight is 342 g/mol. The van der Waals surface area contributed by atoms with Crippen molar-refractivity contribution in [2.24, 2.45) is 0 Å². The van der Waals surface area contributed by atoms with E-state index in [0.29, 0.717) is 17.8 Å². The molecule has 0 spiro atoms. The van der Waals surface area contributed by atoms with Gasteiger partial charge in [-0.3, -0.25) is 9.71 Å².